The number of nitrogens with zero attached hydrogens (tertiary/aromatic N) is 2. The fourth-order valence-corrected chi connectivity index (χ4v) is 2.41. The van der Waals surface area contributed by atoms with Gasteiger partial charge in [0.15, 0.2) is 0 Å². The Morgan fingerprint density at radius 3 is 1.95 bits per heavy atom. The Kier molecular flexibility index (Phi) is 4.56. The second-order valence-corrected chi connectivity index (χ2v) is 5.12. The molecule has 0 radical (unpaired) electrons. The van der Waals surface area contributed by atoms with Gasteiger partial charge in [-0.2, -0.15) is 0 Å². The van der Waals surface area contributed by atoms with Crippen LogP contribution in [0.5, 0.6) is 0 Å². The van der Waals surface area contributed by atoms with Crippen LogP contribution in [0.25, 0.3) is 22.5 Å². The van der Waals surface area contributed by atoms with Crippen LogP contribution in [0, 0.1) is 0 Å². The van der Waals surface area contributed by atoms with Crippen LogP contribution in [0.15, 0.2) is 66.9 Å². The van der Waals surface area contributed by atoms with Crippen LogP contribution < -0.4 is 0 Å². The van der Waals surface area contributed by atoms with Crippen LogP contribution in [0.1, 0.15) is 12.1 Å². The highest BCUT2D eigenvalue weighted by atomic mass is 16.2. The maximum atomic E-state index is 9.00. The van der Waals surface area contributed by atoms with Crippen molar-refractivity contribution in [1.82, 2.24) is 9.97 Å². The van der Waals surface area contributed by atoms with Gasteiger partial charge in [-0.25, -0.2) is 4.98 Å². The average Bonchev–Trinajstić information content (AvgIpc) is 2.61. The van der Waals surface area contributed by atoms with Crippen molar-refractivity contribution in [3.63, 3.8) is 0 Å². The van der Waals surface area contributed by atoms with Gasteiger partial charge in [-0.15, -0.1) is 0 Å². The summed E-state index contributed by atoms with van der Waals surface area (Å²) in [5, 5.41) is 9.00. The molecule has 0 aliphatic rings. The van der Waals surface area contributed by atoms with E-state index in [0.717, 1.165) is 34.6 Å². The van der Waals surface area contributed by atoms with E-state index in [1.165, 1.54) is 0 Å². The lowest BCUT2D eigenvalue weighted by atomic mass is 10.0. The molecule has 3 nitrogen and oxygen atoms in total. The van der Waals surface area contributed by atoms with Gasteiger partial charge in [0, 0.05) is 23.9 Å². The Balaban J connectivity index is 2.09. The lowest BCUT2D eigenvalue weighted by Crippen LogP contribution is -2.00. The van der Waals surface area contributed by atoms with Crippen LogP contribution in [0.2, 0.25) is 0 Å². The van der Waals surface area contributed by atoms with E-state index >= 15 is 0 Å². The first-order valence-electron chi connectivity index (χ1n) is 7.46. The van der Waals surface area contributed by atoms with E-state index in [1.54, 1.807) is 0 Å². The SMILES string of the molecule is OCCCc1cnc(-c2ccccc2)c(-c2ccccc2)n1. The molecule has 0 fully saturated rings. The first-order chi connectivity index (χ1) is 10.9. The lowest BCUT2D eigenvalue weighted by molar-refractivity contribution is 0.288. The van der Waals surface area contributed by atoms with E-state index in [1.807, 2.05) is 66.9 Å². The fourth-order valence-electron chi connectivity index (χ4n) is 2.41. The molecule has 3 aromatic rings. The maximum absolute atomic E-state index is 9.00. The standard InChI is InChI=1S/C19H18N2O/c22-13-7-12-17-14-20-18(15-8-3-1-4-9-15)19(21-17)16-10-5-2-6-11-16/h1-6,8-11,14,22H,7,12-13H2. The lowest BCUT2D eigenvalue weighted by Gasteiger charge is -2.10. The molecule has 0 atom stereocenters. The highest BCUT2D eigenvalue weighted by molar-refractivity contribution is 5.77. The fraction of sp³-hybridized carbons (Fsp3) is 0.158. The van der Waals surface area contributed by atoms with Crippen molar-refractivity contribution in [2.24, 2.45) is 0 Å². The molecular formula is C19H18N2O. The molecule has 0 aliphatic carbocycles. The highest BCUT2D eigenvalue weighted by Crippen LogP contribution is 2.28. The monoisotopic (exact) mass is 290 g/mol. The van der Waals surface area contributed by atoms with Crippen LogP contribution in [-0.4, -0.2) is 21.7 Å². The van der Waals surface area contributed by atoms with Gasteiger partial charge in [0.05, 0.1) is 17.1 Å². The number of aliphatic hydroxyl groups excluding tert-OH is 1. The van der Waals surface area contributed by atoms with E-state index in [4.69, 9.17) is 10.1 Å². The van der Waals surface area contributed by atoms with Gasteiger partial charge in [0.25, 0.3) is 0 Å². The number of rotatable bonds is 5. The summed E-state index contributed by atoms with van der Waals surface area (Å²) in [6.07, 6.45) is 3.25. The first-order valence-corrected chi connectivity index (χ1v) is 7.46. The summed E-state index contributed by atoms with van der Waals surface area (Å²) in [6, 6.07) is 20.2. The minimum Gasteiger partial charge on any atom is -0.396 e. The van der Waals surface area contributed by atoms with Gasteiger partial charge in [0.2, 0.25) is 0 Å². The van der Waals surface area contributed by atoms with Gasteiger partial charge >= 0.3 is 0 Å². The molecule has 1 N–H and O–H groups in total. The van der Waals surface area contributed by atoms with Crippen LogP contribution in [0.3, 0.4) is 0 Å². The van der Waals surface area contributed by atoms with Crippen LogP contribution >= 0.6 is 0 Å². The Hall–Kier alpha value is -2.52. The van der Waals surface area contributed by atoms with Gasteiger partial charge < -0.3 is 5.11 Å². The van der Waals surface area contributed by atoms with Crippen LogP contribution in [0.4, 0.5) is 0 Å². The summed E-state index contributed by atoms with van der Waals surface area (Å²) >= 11 is 0. The number of aryl methyl sites for hydroxylation is 1. The van der Waals surface area contributed by atoms with Crippen molar-refractivity contribution >= 4 is 0 Å². The van der Waals surface area contributed by atoms with Crippen molar-refractivity contribution in [2.45, 2.75) is 12.8 Å². The number of aromatic nitrogens is 2. The van der Waals surface area contributed by atoms with Gasteiger partial charge in [0.1, 0.15) is 0 Å². The third kappa shape index (κ3) is 3.21. The number of hydrogen-bond acceptors (Lipinski definition) is 3. The zero-order chi connectivity index (χ0) is 15.2. The molecule has 110 valence electrons. The van der Waals surface area contributed by atoms with E-state index in [-0.39, 0.29) is 6.61 Å². The predicted octanol–water partition coefficient (Wildman–Crippen LogP) is 3.74. The molecule has 0 bridgehead atoms. The smallest absolute Gasteiger partial charge is 0.0968 e. The normalized spacial score (nSPS) is 10.6. The van der Waals surface area contributed by atoms with Crippen molar-refractivity contribution < 1.29 is 5.11 Å². The number of hydrogen-bond donors (Lipinski definition) is 1. The molecule has 0 spiro atoms. The maximum Gasteiger partial charge on any atom is 0.0968 e. The Labute approximate surface area is 130 Å². The van der Waals surface area contributed by atoms with Crippen LogP contribution in [-0.2, 0) is 6.42 Å². The topological polar surface area (TPSA) is 46.0 Å². The van der Waals surface area contributed by atoms with Crippen molar-refractivity contribution in [2.75, 3.05) is 6.61 Å². The molecule has 0 saturated carbocycles. The Morgan fingerprint density at radius 1 is 0.773 bits per heavy atom. The molecular weight excluding hydrogens is 272 g/mol. The summed E-state index contributed by atoms with van der Waals surface area (Å²) in [4.78, 5) is 9.42. The van der Waals surface area contributed by atoms with Gasteiger partial charge in [-0.1, -0.05) is 60.7 Å². The molecule has 3 heteroatoms. The molecule has 0 amide bonds. The number of benzene rings is 2. The molecule has 0 unspecified atom stereocenters. The summed E-state index contributed by atoms with van der Waals surface area (Å²) in [6.45, 7) is 0.169. The molecule has 2 aromatic carbocycles. The van der Waals surface area contributed by atoms with Crippen molar-refractivity contribution in [1.29, 1.82) is 0 Å². The van der Waals surface area contributed by atoms with Gasteiger partial charge in [-0.05, 0) is 12.8 Å². The molecule has 1 heterocycles. The van der Waals surface area contributed by atoms with E-state index < -0.39 is 0 Å². The van der Waals surface area contributed by atoms with E-state index in [2.05, 4.69) is 4.98 Å². The Bertz CT molecular complexity index is 727. The van der Waals surface area contributed by atoms with E-state index in [0.29, 0.717) is 6.42 Å². The third-order valence-corrected chi connectivity index (χ3v) is 3.51. The Morgan fingerprint density at radius 2 is 1.36 bits per heavy atom. The second-order valence-electron chi connectivity index (χ2n) is 5.12. The summed E-state index contributed by atoms with van der Waals surface area (Å²) < 4.78 is 0. The number of aliphatic hydroxyl groups is 1. The molecule has 0 saturated heterocycles. The second kappa shape index (κ2) is 6.96. The summed E-state index contributed by atoms with van der Waals surface area (Å²) in [7, 11) is 0. The first kappa shape index (κ1) is 14.4. The zero-order valence-corrected chi connectivity index (χ0v) is 12.3. The molecule has 22 heavy (non-hydrogen) atoms. The summed E-state index contributed by atoms with van der Waals surface area (Å²) in [5.41, 5.74) is 4.80. The third-order valence-electron chi connectivity index (χ3n) is 3.51. The molecule has 3 rings (SSSR count). The highest BCUT2D eigenvalue weighted by Gasteiger charge is 2.11. The predicted molar refractivity (Wildman–Crippen MR) is 88.3 cm³/mol. The van der Waals surface area contributed by atoms with Crippen molar-refractivity contribution in [3.8, 4) is 22.5 Å². The minimum atomic E-state index is 0.169. The van der Waals surface area contributed by atoms with E-state index in [9.17, 15) is 0 Å². The van der Waals surface area contributed by atoms with Crippen molar-refractivity contribution in [3.05, 3.63) is 72.6 Å². The minimum absolute atomic E-state index is 0.169. The molecule has 0 aliphatic heterocycles. The summed E-state index contributed by atoms with van der Waals surface area (Å²) in [5.74, 6) is 0. The average molecular weight is 290 g/mol. The quantitative estimate of drug-likeness (QED) is 0.778. The van der Waals surface area contributed by atoms with Gasteiger partial charge in [-0.3, -0.25) is 4.98 Å². The zero-order valence-electron chi connectivity index (χ0n) is 12.3. The largest absolute Gasteiger partial charge is 0.396 e. The molecule has 1 aromatic heterocycles.